The highest BCUT2D eigenvalue weighted by Crippen LogP contribution is 2.29. The Balaban J connectivity index is 2.19. The number of anilines is 1. The summed E-state index contributed by atoms with van der Waals surface area (Å²) in [5.41, 5.74) is 2.80. The lowest BCUT2D eigenvalue weighted by atomic mass is 9.95. The molecule has 0 fully saturated rings. The van der Waals surface area contributed by atoms with Crippen LogP contribution in [0.2, 0.25) is 0 Å². The van der Waals surface area contributed by atoms with Crippen molar-refractivity contribution in [3.63, 3.8) is 0 Å². The minimum atomic E-state index is -0.0332. The second kappa shape index (κ2) is 7.99. The van der Waals surface area contributed by atoms with Crippen molar-refractivity contribution in [1.29, 1.82) is 0 Å². The largest absolute Gasteiger partial charge is 0.362 e. The predicted molar refractivity (Wildman–Crippen MR) is 92.9 cm³/mol. The second-order valence-electron chi connectivity index (χ2n) is 6.31. The number of nitrogens with one attached hydrogen (secondary N) is 2. The molecule has 0 bridgehead atoms. The van der Waals surface area contributed by atoms with Gasteiger partial charge in [0.1, 0.15) is 0 Å². The number of fused-ring (bicyclic) bond motifs is 1. The molecule has 0 aromatic heterocycles. The molecule has 1 aliphatic heterocycles. The van der Waals surface area contributed by atoms with Crippen molar-refractivity contribution in [3.8, 4) is 0 Å². The Hall–Kier alpha value is -2.04. The topological polar surface area (TPSA) is 61.4 Å². The number of hydrogen-bond donors (Lipinski definition) is 2. The van der Waals surface area contributed by atoms with Gasteiger partial charge in [-0.1, -0.05) is 13.0 Å². The molecule has 1 heterocycles. The summed E-state index contributed by atoms with van der Waals surface area (Å²) in [5, 5.41) is 5.87. The molecule has 0 atom stereocenters. The lowest BCUT2D eigenvalue weighted by Gasteiger charge is -2.32. The lowest BCUT2D eigenvalue weighted by Crippen LogP contribution is -2.40. The summed E-state index contributed by atoms with van der Waals surface area (Å²) < 4.78 is 0. The minimum Gasteiger partial charge on any atom is -0.362 e. The van der Waals surface area contributed by atoms with Gasteiger partial charge in [0.25, 0.3) is 5.91 Å². The first-order valence-corrected chi connectivity index (χ1v) is 8.47. The van der Waals surface area contributed by atoms with Crippen LogP contribution in [0.4, 0.5) is 5.69 Å². The third kappa shape index (κ3) is 4.47. The molecule has 0 saturated heterocycles. The Bertz CT molecular complexity index is 569. The molecule has 5 heteroatoms. The first-order valence-electron chi connectivity index (χ1n) is 8.47. The highest BCUT2D eigenvalue weighted by Gasteiger charge is 2.23. The molecule has 2 N–H and O–H groups in total. The number of rotatable bonds is 6. The smallest absolute Gasteiger partial charge is 0.251 e. The SMILES string of the molecule is CCCNC(=O)CN1CCCc2c(C(=O)NC(C)C)cccc21. The van der Waals surface area contributed by atoms with Crippen LogP contribution in [0.25, 0.3) is 0 Å². The maximum atomic E-state index is 12.4. The molecule has 0 aliphatic carbocycles. The molecule has 1 aliphatic rings. The van der Waals surface area contributed by atoms with Crippen molar-refractivity contribution >= 4 is 17.5 Å². The maximum Gasteiger partial charge on any atom is 0.251 e. The zero-order valence-corrected chi connectivity index (χ0v) is 14.3. The molecule has 5 nitrogen and oxygen atoms in total. The van der Waals surface area contributed by atoms with E-state index >= 15 is 0 Å². The van der Waals surface area contributed by atoms with Crippen molar-refractivity contribution in [2.75, 3.05) is 24.5 Å². The molecule has 1 aromatic rings. The summed E-state index contributed by atoms with van der Waals surface area (Å²) in [7, 11) is 0. The van der Waals surface area contributed by atoms with E-state index in [0.717, 1.165) is 42.6 Å². The van der Waals surface area contributed by atoms with E-state index in [2.05, 4.69) is 15.5 Å². The van der Waals surface area contributed by atoms with E-state index in [9.17, 15) is 9.59 Å². The van der Waals surface area contributed by atoms with Gasteiger partial charge in [0.05, 0.1) is 6.54 Å². The van der Waals surface area contributed by atoms with Crippen LogP contribution in [0.15, 0.2) is 18.2 Å². The number of carbonyl (C=O) groups is 2. The van der Waals surface area contributed by atoms with E-state index in [0.29, 0.717) is 13.1 Å². The number of amides is 2. The average Bonchev–Trinajstić information content (AvgIpc) is 2.52. The van der Waals surface area contributed by atoms with Crippen LogP contribution in [0.1, 0.15) is 49.5 Å². The number of carbonyl (C=O) groups excluding carboxylic acids is 2. The highest BCUT2D eigenvalue weighted by molar-refractivity contribution is 5.97. The fourth-order valence-corrected chi connectivity index (χ4v) is 2.91. The lowest BCUT2D eigenvalue weighted by molar-refractivity contribution is -0.119. The van der Waals surface area contributed by atoms with E-state index in [1.165, 1.54) is 0 Å². The van der Waals surface area contributed by atoms with Crippen molar-refractivity contribution in [3.05, 3.63) is 29.3 Å². The monoisotopic (exact) mass is 317 g/mol. The predicted octanol–water partition coefficient (Wildman–Crippen LogP) is 2.10. The van der Waals surface area contributed by atoms with Crippen LogP contribution in [0.3, 0.4) is 0 Å². The van der Waals surface area contributed by atoms with E-state index in [4.69, 9.17) is 0 Å². The zero-order chi connectivity index (χ0) is 16.8. The van der Waals surface area contributed by atoms with Gasteiger partial charge in [0.2, 0.25) is 5.91 Å². The molecule has 1 aromatic carbocycles. The number of benzene rings is 1. The van der Waals surface area contributed by atoms with Crippen LogP contribution in [-0.4, -0.2) is 37.5 Å². The van der Waals surface area contributed by atoms with Crippen LogP contribution < -0.4 is 15.5 Å². The highest BCUT2D eigenvalue weighted by atomic mass is 16.2. The molecule has 126 valence electrons. The van der Waals surface area contributed by atoms with Crippen LogP contribution in [0.5, 0.6) is 0 Å². The summed E-state index contributed by atoms with van der Waals surface area (Å²) >= 11 is 0. The van der Waals surface area contributed by atoms with Gasteiger partial charge < -0.3 is 15.5 Å². The summed E-state index contributed by atoms with van der Waals surface area (Å²) in [5.74, 6) is 0.00543. The fraction of sp³-hybridized carbons (Fsp3) is 0.556. The maximum absolute atomic E-state index is 12.4. The summed E-state index contributed by atoms with van der Waals surface area (Å²) in [6.07, 6.45) is 2.77. The molecule has 2 amide bonds. The molecular formula is C18H27N3O2. The average molecular weight is 317 g/mol. The first kappa shape index (κ1) is 17.3. The van der Waals surface area contributed by atoms with Gasteiger partial charge in [-0.3, -0.25) is 9.59 Å². The van der Waals surface area contributed by atoms with Crippen molar-refractivity contribution in [2.45, 2.75) is 46.1 Å². The van der Waals surface area contributed by atoms with E-state index in [-0.39, 0.29) is 17.9 Å². The molecule has 23 heavy (non-hydrogen) atoms. The molecular weight excluding hydrogens is 290 g/mol. The Labute approximate surface area is 138 Å². The zero-order valence-electron chi connectivity index (χ0n) is 14.3. The van der Waals surface area contributed by atoms with E-state index < -0.39 is 0 Å². The normalized spacial score (nSPS) is 13.7. The molecule has 0 spiro atoms. The van der Waals surface area contributed by atoms with Gasteiger partial charge in [-0.25, -0.2) is 0 Å². The third-order valence-corrected chi connectivity index (χ3v) is 3.92. The van der Waals surface area contributed by atoms with Gasteiger partial charge >= 0.3 is 0 Å². The molecule has 0 unspecified atom stereocenters. The van der Waals surface area contributed by atoms with Gasteiger partial charge in [-0.2, -0.15) is 0 Å². The fourth-order valence-electron chi connectivity index (χ4n) is 2.91. The Kier molecular flexibility index (Phi) is 6.02. The van der Waals surface area contributed by atoms with Gasteiger partial charge in [-0.05, 0) is 50.8 Å². The van der Waals surface area contributed by atoms with E-state index in [1.807, 2.05) is 39.0 Å². The van der Waals surface area contributed by atoms with Crippen LogP contribution >= 0.6 is 0 Å². The Morgan fingerprint density at radius 1 is 1.30 bits per heavy atom. The third-order valence-electron chi connectivity index (χ3n) is 3.92. The van der Waals surface area contributed by atoms with Gasteiger partial charge in [0.15, 0.2) is 0 Å². The second-order valence-corrected chi connectivity index (χ2v) is 6.31. The van der Waals surface area contributed by atoms with Crippen LogP contribution in [0, 0.1) is 0 Å². The van der Waals surface area contributed by atoms with Gasteiger partial charge in [0, 0.05) is 30.4 Å². The quantitative estimate of drug-likeness (QED) is 0.845. The van der Waals surface area contributed by atoms with Crippen LogP contribution in [-0.2, 0) is 11.2 Å². The minimum absolute atomic E-state index is 0.0332. The van der Waals surface area contributed by atoms with Crippen molar-refractivity contribution < 1.29 is 9.59 Å². The standard InChI is InChI=1S/C18H27N3O2/c1-4-10-19-17(22)12-21-11-6-8-14-15(7-5-9-16(14)21)18(23)20-13(2)3/h5,7,9,13H,4,6,8,10-12H2,1-3H3,(H,19,22)(H,20,23). The van der Waals surface area contributed by atoms with Crippen molar-refractivity contribution in [2.24, 2.45) is 0 Å². The van der Waals surface area contributed by atoms with E-state index in [1.54, 1.807) is 0 Å². The Morgan fingerprint density at radius 2 is 2.09 bits per heavy atom. The van der Waals surface area contributed by atoms with Crippen molar-refractivity contribution in [1.82, 2.24) is 10.6 Å². The molecule has 2 rings (SSSR count). The Morgan fingerprint density at radius 3 is 2.78 bits per heavy atom. The summed E-state index contributed by atoms with van der Waals surface area (Å²) in [6.45, 7) is 7.85. The molecule has 0 saturated carbocycles. The number of hydrogen-bond acceptors (Lipinski definition) is 3. The first-order chi connectivity index (χ1) is 11.0. The number of nitrogens with zero attached hydrogens (tertiary/aromatic N) is 1. The summed E-state index contributed by atoms with van der Waals surface area (Å²) in [6, 6.07) is 5.89. The summed E-state index contributed by atoms with van der Waals surface area (Å²) in [4.78, 5) is 26.5. The van der Waals surface area contributed by atoms with Gasteiger partial charge in [-0.15, -0.1) is 0 Å². The molecule has 0 radical (unpaired) electrons.